The molecule has 2 atom stereocenters. The number of carbonyl (C=O) groups is 1. The number of rotatable bonds is 3. The summed E-state index contributed by atoms with van der Waals surface area (Å²) >= 11 is 8.17. The molecule has 6 heteroatoms. The Hall–Kier alpha value is 0.0900. The minimum absolute atomic E-state index is 0.0107. The van der Waals surface area contributed by atoms with Crippen molar-refractivity contribution in [3.05, 3.63) is 19.2 Å². The van der Waals surface area contributed by atoms with Crippen LogP contribution in [0, 0.1) is 5.92 Å². The van der Waals surface area contributed by atoms with Crippen LogP contribution in [0.15, 0.2) is 14.3 Å². The lowest BCUT2D eigenvalue weighted by Crippen LogP contribution is -2.53. The monoisotopic (exact) mass is 409 g/mol. The number of hydrogen-bond donors (Lipinski definition) is 2. The fraction of sp³-hybridized carbons (Fsp3) is 0.615. The van der Waals surface area contributed by atoms with Crippen molar-refractivity contribution in [2.45, 2.75) is 38.1 Å². The predicted octanol–water partition coefficient (Wildman–Crippen LogP) is 3.94. The van der Waals surface area contributed by atoms with Crippen LogP contribution in [0.2, 0.25) is 0 Å². The lowest BCUT2D eigenvalue weighted by Gasteiger charge is -2.39. The van der Waals surface area contributed by atoms with Crippen LogP contribution >= 0.6 is 43.2 Å². The van der Waals surface area contributed by atoms with Gasteiger partial charge in [-0.05, 0) is 56.7 Å². The maximum absolute atomic E-state index is 12.3. The highest BCUT2D eigenvalue weighted by molar-refractivity contribution is 9.13. The van der Waals surface area contributed by atoms with Crippen molar-refractivity contribution in [1.82, 2.24) is 5.32 Å². The van der Waals surface area contributed by atoms with E-state index in [-0.39, 0.29) is 12.5 Å². The first-order chi connectivity index (χ1) is 8.96. The molecule has 1 amide bonds. The summed E-state index contributed by atoms with van der Waals surface area (Å²) in [5, 5.41) is 12.7. The van der Waals surface area contributed by atoms with Gasteiger partial charge in [0.05, 0.1) is 20.8 Å². The Kier molecular flexibility index (Phi) is 5.09. The molecule has 0 aliphatic heterocycles. The van der Waals surface area contributed by atoms with Gasteiger partial charge in [-0.15, -0.1) is 11.3 Å². The molecular weight excluding hydrogens is 394 g/mol. The summed E-state index contributed by atoms with van der Waals surface area (Å²) in [6.45, 7) is 2.19. The summed E-state index contributed by atoms with van der Waals surface area (Å²) in [5.41, 5.74) is -0.447. The van der Waals surface area contributed by atoms with Crippen LogP contribution in [0.5, 0.6) is 0 Å². The van der Waals surface area contributed by atoms with E-state index in [9.17, 15) is 9.90 Å². The Labute approximate surface area is 134 Å². The molecule has 1 aromatic heterocycles. The maximum atomic E-state index is 12.3. The van der Waals surface area contributed by atoms with Gasteiger partial charge in [-0.2, -0.15) is 0 Å². The smallest absolute Gasteiger partial charge is 0.261 e. The van der Waals surface area contributed by atoms with Crippen molar-refractivity contribution < 1.29 is 9.90 Å². The van der Waals surface area contributed by atoms with E-state index in [0.29, 0.717) is 10.8 Å². The number of halogens is 2. The average molecular weight is 411 g/mol. The number of nitrogens with one attached hydrogen (secondary N) is 1. The van der Waals surface area contributed by atoms with Gasteiger partial charge in [-0.1, -0.05) is 19.8 Å². The number of aliphatic hydroxyl groups is 1. The Morgan fingerprint density at radius 3 is 2.89 bits per heavy atom. The van der Waals surface area contributed by atoms with Gasteiger partial charge in [-0.25, -0.2) is 0 Å². The van der Waals surface area contributed by atoms with Crippen LogP contribution in [0.25, 0.3) is 0 Å². The predicted molar refractivity (Wildman–Crippen MR) is 84.6 cm³/mol. The average Bonchev–Trinajstić information content (AvgIpc) is 2.70. The molecule has 19 heavy (non-hydrogen) atoms. The van der Waals surface area contributed by atoms with Crippen LogP contribution in [0.4, 0.5) is 0 Å². The number of amides is 1. The van der Waals surface area contributed by atoms with E-state index >= 15 is 0 Å². The van der Waals surface area contributed by atoms with Gasteiger partial charge in [-0.3, -0.25) is 4.79 Å². The third-order valence-corrected chi connectivity index (χ3v) is 6.90. The summed E-state index contributed by atoms with van der Waals surface area (Å²) in [6.07, 6.45) is 3.93. The number of carbonyl (C=O) groups excluding carboxylic acids is 1. The zero-order valence-electron chi connectivity index (χ0n) is 10.7. The fourth-order valence-electron chi connectivity index (χ4n) is 2.72. The van der Waals surface area contributed by atoms with Gasteiger partial charge < -0.3 is 10.4 Å². The molecule has 1 aromatic rings. The van der Waals surface area contributed by atoms with Crippen LogP contribution in [0.3, 0.4) is 0 Å². The summed E-state index contributed by atoms with van der Waals surface area (Å²) in [4.78, 5) is 13.0. The van der Waals surface area contributed by atoms with Crippen molar-refractivity contribution >= 4 is 49.1 Å². The van der Waals surface area contributed by atoms with E-state index in [2.05, 4.69) is 44.1 Å². The zero-order chi connectivity index (χ0) is 14.0. The van der Waals surface area contributed by atoms with Crippen molar-refractivity contribution in [1.29, 1.82) is 0 Å². The van der Waals surface area contributed by atoms with Crippen molar-refractivity contribution in [2.24, 2.45) is 5.92 Å². The molecule has 0 bridgehead atoms. The quantitative estimate of drug-likeness (QED) is 0.792. The maximum Gasteiger partial charge on any atom is 0.261 e. The second kappa shape index (κ2) is 6.24. The molecule has 3 nitrogen and oxygen atoms in total. The second-order valence-corrected chi connectivity index (χ2v) is 8.55. The molecule has 0 spiro atoms. The summed E-state index contributed by atoms with van der Waals surface area (Å²) in [5.74, 6) is 0.447. The molecule has 2 rings (SSSR count). The van der Waals surface area contributed by atoms with Gasteiger partial charge in [0.2, 0.25) is 0 Å². The molecule has 1 fully saturated rings. The van der Waals surface area contributed by atoms with E-state index in [4.69, 9.17) is 0 Å². The highest BCUT2D eigenvalue weighted by Crippen LogP contribution is 2.35. The fourth-order valence-corrected chi connectivity index (χ4v) is 4.65. The molecule has 1 heterocycles. The lowest BCUT2D eigenvalue weighted by molar-refractivity contribution is 0.0700. The van der Waals surface area contributed by atoms with Gasteiger partial charge in [0.15, 0.2) is 0 Å². The van der Waals surface area contributed by atoms with Gasteiger partial charge in [0, 0.05) is 4.47 Å². The third kappa shape index (κ3) is 3.60. The van der Waals surface area contributed by atoms with E-state index < -0.39 is 5.54 Å². The molecule has 106 valence electrons. The summed E-state index contributed by atoms with van der Waals surface area (Å²) in [6, 6.07) is 1.81. The Balaban J connectivity index is 2.11. The lowest BCUT2D eigenvalue weighted by atomic mass is 9.77. The van der Waals surface area contributed by atoms with Crippen LogP contribution in [-0.4, -0.2) is 23.2 Å². The van der Waals surface area contributed by atoms with Crippen molar-refractivity contribution in [2.75, 3.05) is 6.61 Å². The van der Waals surface area contributed by atoms with Crippen LogP contribution in [0.1, 0.15) is 42.3 Å². The van der Waals surface area contributed by atoms with E-state index in [1.807, 2.05) is 0 Å². The van der Waals surface area contributed by atoms with Crippen LogP contribution < -0.4 is 5.32 Å². The number of hydrogen-bond acceptors (Lipinski definition) is 3. The zero-order valence-corrected chi connectivity index (χ0v) is 14.7. The highest BCUT2D eigenvalue weighted by atomic mass is 79.9. The third-order valence-electron chi connectivity index (χ3n) is 3.64. The minimum atomic E-state index is -0.447. The molecule has 1 aliphatic rings. The standard InChI is InChI=1S/C13H17Br2NO2S/c1-8-3-2-4-13(6-8,7-17)16-12(18)10-5-9(14)11(15)19-10/h5,8,17H,2-4,6-7H2,1H3,(H,16,18). The first-order valence-electron chi connectivity index (χ1n) is 6.34. The van der Waals surface area contributed by atoms with Crippen molar-refractivity contribution in [3.63, 3.8) is 0 Å². The number of thiophene rings is 1. The van der Waals surface area contributed by atoms with E-state index in [1.165, 1.54) is 17.8 Å². The molecular formula is C13H17Br2NO2S. The normalized spacial score (nSPS) is 27.3. The van der Waals surface area contributed by atoms with Crippen molar-refractivity contribution in [3.8, 4) is 0 Å². The minimum Gasteiger partial charge on any atom is -0.394 e. The summed E-state index contributed by atoms with van der Waals surface area (Å²) < 4.78 is 1.80. The first-order valence-corrected chi connectivity index (χ1v) is 8.74. The second-order valence-electron chi connectivity index (χ2n) is 5.33. The molecule has 1 aliphatic carbocycles. The highest BCUT2D eigenvalue weighted by Gasteiger charge is 2.36. The first kappa shape index (κ1) is 15.5. The Morgan fingerprint density at radius 2 is 2.37 bits per heavy atom. The molecule has 2 N–H and O–H groups in total. The SMILES string of the molecule is CC1CCCC(CO)(NC(=O)c2cc(Br)c(Br)s2)C1. The molecule has 2 unspecified atom stereocenters. The van der Waals surface area contributed by atoms with E-state index in [1.54, 1.807) is 6.07 Å². The molecule has 1 saturated carbocycles. The Morgan fingerprint density at radius 1 is 1.63 bits per heavy atom. The Bertz CT molecular complexity index is 458. The van der Waals surface area contributed by atoms with E-state index in [0.717, 1.165) is 27.5 Å². The van der Waals surface area contributed by atoms with Gasteiger partial charge in [0.1, 0.15) is 0 Å². The summed E-state index contributed by atoms with van der Waals surface area (Å²) in [7, 11) is 0. The molecule has 0 saturated heterocycles. The van der Waals surface area contributed by atoms with Gasteiger partial charge in [0.25, 0.3) is 5.91 Å². The molecule has 0 aromatic carbocycles. The molecule has 0 radical (unpaired) electrons. The van der Waals surface area contributed by atoms with Crippen LogP contribution in [-0.2, 0) is 0 Å². The topological polar surface area (TPSA) is 49.3 Å². The number of aliphatic hydroxyl groups excluding tert-OH is 1. The largest absolute Gasteiger partial charge is 0.394 e. The van der Waals surface area contributed by atoms with Gasteiger partial charge >= 0.3 is 0 Å².